The number of carboxylic acids is 1. The highest BCUT2D eigenvalue weighted by molar-refractivity contribution is 5.92. The van der Waals surface area contributed by atoms with Crippen molar-refractivity contribution in [2.24, 2.45) is 5.92 Å². The van der Waals surface area contributed by atoms with Gasteiger partial charge in [0.15, 0.2) is 0 Å². The average Bonchev–Trinajstić information content (AvgIpc) is 2.60. The van der Waals surface area contributed by atoms with E-state index in [2.05, 4.69) is 0 Å². The van der Waals surface area contributed by atoms with Crippen LogP contribution in [-0.2, 0) is 14.3 Å². The summed E-state index contributed by atoms with van der Waals surface area (Å²) in [5.41, 5.74) is 0.0664. The minimum Gasteiger partial charge on any atom is -0.477 e. The number of hydrogen-bond donors (Lipinski definition) is 1. The lowest BCUT2D eigenvalue weighted by Gasteiger charge is -2.32. The summed E-state index contributed by atoms with van der Waals surface area (Å²) >= 11 is 0. The fraction of sp³-hybridized carbons (Fsp3) is 0.412. The summed E-state index contributed by atoms with van der Waals surface area (Å²) in [7, 11) is 0. The van der Waals surface area contributed by atoms with Gasteiger partial charge in [-0.1, -0.05) is 12.1 Å². The van der Waals surface area contributed by atoms with Crippen LogP contribution in [0, 0.1) is 16.0 Å². The Bertz CT molecular complexity index is 692. The van der Waals surface area contributed by atoms with Gasteiger partial charge in [0.25, 0.3) is 5.69 Å². The van der Waals surface area contributed by atoms with E-state index in [9.17, 15) is 24.8 Å². The topological polar surface area (TPSA) is 110 Å². The number of nitro benzene ring substituents is 1. The third kappa shape index (κ3) is 4.56. The number of esters is 1. The largest absolute Gasteiger partial charge is 0.477 e. The number of nitro groups is 1. The van der Waals surface area contributed by atoms with E-state index in [1.165, 1.54) is 24.3 Å². The van der Waals surface area contributed by atoms with Gasteiger partial charge in [0.2, 0.25) is 0 Å². The number of carbonyl (C=O) groups is 2. The van der Waals surface area contributed by atoms with E-state index in [4.69, 9.17) is 4.74 Å². The zero-order valence-corrected chi connectivity index (χ0v) is 13.9. The molecule has 0 amide bonds. The van der Waals surface area contributed by atoms with Crippen LogP contribution in [0.2, 0.25) is 0 Å². The van der Waals surface area contributed by atoms with Gasteiger partial charge in [-0.05, 0) is 31.9 Å². The molecule has 1 aromatic carbocycles. The molecule has 0 aromatic heterocycles. The molecule has 0 saturated carbocycles. The van der Waals surface area contributed by atoms with Crippen LogP contribution in [0.15, 0.2) is 30.0 Å². The first kappa shape index (κ1) is 18.4. The fourth-order valence-corrected chi connectivity index (χ4v) is 2.83. The normalized spacial score (nSPS) is 15.7. The number of hydrogen-bond acceptors (Lipinski definition) is 6. The zero-order chi connectivity index (χ0) is 18.4. The number of para-hydroxylation sites is 1. The van der Waals surface area contributed by atoms with Crippen LogP contribution >= 0.6 is 0 Å². The molecule has 2 rings (SSSR count). The molecule has 0 spiro atoms. The Labute approximate surface area is 144 Å². The maximum Gasteiger partial charge on any atom is 0.352 e. The number of carboxylic acid groups (broad SMARTS) is 1. The van der Waals surface area contributed by atoms with E-state index in [0.29, 0.717) is 32.5 Å². The Kier molecular flexibility index (Phi) is 6.10. The Balaban J connectivity index is 2.19. The Hall–Kier alpha value is -2.90. The van der Waals surface area contributed by atoms with E-state index in [-0.39, 0.29) is 28.8 Å². The Morgan fingerprint density at radius 3 is 2.56 bits per heavy atom. The van der Waals surface area contributed by atoms with Gasteiger partial charge in [0, 0.05) is 19.2 Å². The predicted octanol–water partition coefficient (Wildman–Crippen LogP) is 2.30. The van der Waals surface area contributed by atoms with Crippen molar-refractivity contribution < 1.29 is 24.4 Å². The smallest absolute Gasteiger partial charge is 0.352 e. The molecular formula is C17H20N2O6. The monoisotopic (exact) mass is 348 g/mol. The number of benzene rings is 1. The van der Waals surface area contributed by atoms with Gasteiger partial charge < -0.3 is 14.7 Å². The third-order valence-electron chi connectivity index (χ3n) is 4.10. The second-order valence-corrected chi connectivity index (χ2v) is 5.66. The highest BCUT2D eigenvalue weighted by Gasteiger charge is 2.29. The molecule has 8 heteroatoms. The SMILES string of the molecule is CCOC(=O)C1CCN(C(=Cc2ccccc2[N+](=O)[O-])C(=O)O)CC1. The van der Waals surface area contributed by atoms with Crippen LogP contribution in [0.5, 0.6) is 0 Å². The quantitative estimate of drug-likeness (QED) is 0.363. The van der Waals surface area contributed by atoms with Crippen molar-refractivity contribution in [3.05, 3.63) is 45.6 Å². The number of ether oxygens (including phenoxy) is 1. The first-order valence-corrected chi connectivity index (χ1v) is 8.04. The van der Waals surface area contributed by atoms with Gasteiger partial charge in [0.1, 0.15) is 5.70 Å². The number of nitrogens with zero attached hydrogens (tertiary/aromatic N) is 2. The van der Waals surface area contributed by atoms with E-state index in [1.807, 2.05) is 0 Å². The lowest BCUT2D eigenvalue weighted by atomic mass is 9.96. The van der Waals surface area contributed by atoms with Crippen molar-refractivity contribution in [1.29, 1.82) is 0 Å². The van der Waals surface area contributed by atoms with Crippen molar-refractivity contribution in [2.75, 3.05) is 19.7 Å². The molecule has 1 heterocycles. The molecule has 1 saturated heterocycles. The van der Waals surface area contributed by atoms with Crippen molar-refractivity contribution in [3.8, 4) is 0 Å². The van der Waals surface area contributed by atoms with Gasteiger partial charge in [-0.3, -0.25) is 14.9 Å². The Morgan fingerprint density at radius 1 is 1.36 bits per heavy atom. The van der Waals surface area contributed by atoms with Gasteiger partial charge >= 0.3 is 11.9 Å². The van der Waals surface area contributed by atoms with Crippen LogP contribution in [0.4, 0.5) is 5.69 Å². The number of aliphatic carboxylic acids is 1. The van der Waals surface area contributed by atoms with Crippen LogP contribution in [0.1, 0.15) is 25.3 Å². The molecule has 0 aliphatic carbocycles. The molecule has 0 atom stereocenters. The minimum absolute atomic E-state index is 0.0170. The summed E-state index contributed by atoms with van der Waals surface area (Å²) in [6, 6.07) is 5.98. The molecule has 1 aliphatic rings. The maximum absolute atomic E-state index is 11.8. The summed E-state index contributed by atoms with van der Waals surface area (Å²) in [5, 5.41) is 20.6. The van der Waals surface area contributed by atoms with Crippen molar-refractivity contribution in [3.63, 3.8) is 0 Å². The summed E-state index contributed by atoms with van der Waals surface area (Å²) in [5.74, 6) is -1.66. The van der Waals surface area contributed by atoms with Crippen molar-refractivity contribution in [2.45, 2.75) is 19.8 Å². The lowest BCUT2D eigenvalue weighted by Crippen LogP contribution is -2.38. The summed E-state index contributed by atoms with van der Waals surface area (Å²) in [4.78, 5) is 35.6. The molecule has 1 aromatic rings. The highest BCUT2D eigenvalue weighted by Crippen LogP contribution is 2.26. The fourth-order valence-electron chi connectivity index (χ4n) is 2.83. The second kappa shape index (κ2) is 8.27. The standard InChI is InChI=1S/C17H20N2O6/c1-2-25-17(22)12-7-9-18(10-8-12)15(16(20)21)11-13-5-3-4-6-14(13)19(23)24/h3-6,11-12H,2,7-10H2,1H3,(H,20,21). The van der Waals surface area contributed by atoms with E-state index in [0.717, 1.165) is 0 Å². The second-order valence-electron chi connectivity index (χ2n) is 5.66. The van der Waals surface area contributed by atoms with E-state index in [1.54, 1.807) is 17.9 Å². The maximum atomic E-state index is 11.8. The first-order chi connectivity index (χ1) is 11.9. The Morgan fingerprint density at radius 2 is 2.00 bits per heavy atom. The van der Waals surface area contributed by atoms with Gasteiger partial charge in [-0.15, -0.1) is 0 Å². The minimum atomic E-state index is -1.16. The molecule has 0 bridgehead atoms. The van der Waals surface area contributed by atoms with Gasteiger partial charge in [-0.2, -0.15) is 0 Å². The lowest BCUT2D eigenvalue weighted by molar-refractivity contribution is -0.385. The van der Waals surface area contributed by atoms with Crippen LogP contribution in [0.25, 0.3) is 6.08 Å². The van der Waals surface area contributed by atoms with Gasteiger partial charge in [-0.25, -0.2) is 4.79 Å². The number of carbonyl (C=O) groups excluding carboxylic acids is 1. The predicted molar refractivity (Wildman–Crippen MR) is 89.6 cm³/mol. The number of rotatable bonds is 6. The summed E-state index contributed by atoms with van der Waals surface area (Å²) < 4.78 is 5.00. The van der Waals surface area contributed by atoms with Crippen LogP contribution in [0.3, 0.4) is 0 Å². The van der Waals surface area contributed by atoms with Gasteiger partial charge in [0.05, 0.1) is 23.0 Å². The molecule has 134 valence electrons. The molecule has 25 heavy (non-hydrogen) atoms. The molecular weight excluding hydrogens is 328 g/mol. The molecule has 0 unspecified atom stereocenters. The summed E-state index contributed by atoms with van der Waals surface area (Å²) in [6.45, 7) is 2.81. The van der Waals surface area contributed by atoms with Crippen LogP contribution in [-0.4, -0.2) is 46.6 Å². The molecule has 1 fully saturated rings. The molecule has 1 N–H and O–H groups in total. The molecule has 1 aliphatic heterocycles. The van der Waals surface area contributed by atoms with Crippen LogP contribution < -0.4 is 0 Å². The number of piperidine rings is 1. The third-order valence-corrected chi connectivity index (χ3v) is 4.10. The summed E-state index contributed by atoms with van der Waals surface area (Å²) in [6.07, 6.45) is 2.28. The van der Waals surface area contributed by atoms with Crippen molar-refractivity contribution >= 4 is 23.7 Å². The van der Waals surface area contributed by atoms with Crippen molar-refractivity contribution in [1.82, 2.24) is 4.90 Å². The number of likely N-dealkylation sites (tertiary alicyclic amines) is 1. The highest BCUT2D eigenvalue weighted by atomic mass is 16.6. The first-order valence-electron chi connectivity index (χ1n) is 8.04. The molecule has 0 radical (unpaired) electrons. The van der Waals surface area contributed by atoms with E-state index < -0.39 is 10.9 Å². The van der Waals surface area contributed by atoms with E-state index >= 15 is 0 Å². The zero-order valence-electron chi connectivity index (χ0n) is 13.9. The molecule has 8 nitrogen and oxygen atoms in total. The average molecular weight is 348 g/mol.